The highest BCUT2D eigenvalue weighted by molar-refractivity contribution is 5.92. The van der Waals surface area contributed by atoms with E-state index in [-0.39, 0.29) is 29.9 Å². The Morgan fingerprint density at radius 1 is 1.18 bits per heavy atom. The number of rotatable bonds is 4. The monoisotopic (exact) mass is 460 g/mol. The molecule has 1 saturated carbocycles. The van der Waals surface area contributed by atoms with Crippen molar-refractivity contribution in [1.82, 2.24) is 0 Å². The molecule has 182 valence electrons. The van der Waals surface area contributed by atoms with Gasteiger partial charge in [0, 0.05) is 36.7 Å². The third-order valence-electron chi connectivity index (χ3n) is 8.30. The molecule has 0 N–H and O–H groups in total. The van der Waals surface area contributed by atoms with Crippen LogP contribution in [0.2, 0.25) is 0 Å². The number of carbonyl (C=O) groups is 3. The average Bonchev–Trinajstić information content (AvgIpc) is 3.31. The van der Waals surface area contributed by atoms with Crippen molar-refractivity contribution in [2.24, 2.45) is 11.3 Å². The molecule has 0 aromatic rings. The van der Waals surface area contributed by atoms with Gasteiger partial charge in [-0.2, -0.15) is 0 Å². The molecule has 0 spiro atoms. The van der Waals surface area contributed by atoms with Crippen LogP contribution in [-0.4, -0.2) is 47.9 Å². The molecule has 7 heteroatoms. The van der Waals surface area contributed by atoms with E-state index < -0.39 is 29.3 Å². The van der Waals surface area contributed by atoms with Gasteiger partial charge in [0.1, 0.15) is 18.3 Å². The summed E-state index contributed by atoms with van der Waals surface area (Å²) in [5, 5.41) is 0. The molecule has 1 saturated heterocycles. The fourth-order valence-electron chi connectivity index (χ4n) is 6.24. The molecule has 33 heavy (non-hydrogen) atoms. The molecule has 0 unspecified atom stereocenters. The van der Waals surface area contributed by atoms with Crippen LogP contribution in [0.5, 0.6) is 0 Å². The summed E-state index contributed by atoms with van der Waals surface area (Å²) >= 11 is 0. The minimum atomic E-state index is -0.683. The van der Waals surface area contributed by atoms with E-state index in [0.717, 1.165) is 11.1 Å². The van der Waals surface area contributed by atoms with Crippen molar-refractivity contribution in [2.45, 2.75) is 110 Å². The first kappa shape index (κ1) is 24.0. The van der Waals surface area contributed by atoms with E-state index in [9.17, 15) is 14.4 Å². The van der Waals surface area contributed by atoms with Crippen LogP contribution in [0.25, 0.3) is 0 Å². The molecular formula is C26H36O7. The van der Waals surface area contributed by atoms with Crippen LogP contribution in [0, 0.1) is 11.3 Å². The largest absolute Gasteiger partial charge is 0.462 e. The summed E-state index contributed by atoms with van der Waals surface area (Å²) in [7, 11) is 0. The van der Waals surface area contributed by atoms with Crippen LogP contribution in [0.1, 0.15) is 80.1 Å². The SMILES string of the molecule is CCCC(=O)O[C@H]1CC/C(C)=C\[C@H]2OC(=O)C(C)=C2C[C@@H]2[C@]3(C)O[C@@H]3C[C@@H](OC(C)=O)[C@@]12C. The normalized spacial score (nSPS) is 41.6. The first-order valence-corrected chi connectivity index (χ1v) is 12.1. The van der Waals surface area contributed by atoms with E-state index in [4.69, 9.17) is 18.9 Å². The lowest BCUT2D eigenvalue weighted by molar-refractivity contribution is -0.188. The Balaban J connectivity index is 1.83. The smallest absolute Gasteiger partial charge is 0.334 e. The lowest BCUT2D eigenvalue weighted by atomic mass is 9.56. The van der Waals surface area contributed by atoms with Gasteiger partial charge in [0.25, 0.3) is 0 Å². The van der Waals surface area contributed by atoms with Crippen LogP contribution in [-0.2, 0) is 33.3 Å². The predicted molar refractivity (Wildman–Crippen MR) is 120 cm³/mol. The van der Waals surface area contributed by atoms with Gasteiger partial charge < -0.3 is 18.9 Å². The van der Waals surface area contributed by atoms with E-state index in [1.54, 1.807) is 0 Å². The van der Waals surface area contributed by atoms with Crippen molar-refractivity contribution in [1.29, 1.82) is 0 Å². The first-order valence-electron chi connectivity index (χ1n) is 12.1. The zero-order valence-electron chi connectivity index (χ0n) is 20.6. The van der Waals surface area contributed by atoms with Gasteiger partial charge in [-0.1, -0.05) is 19.4 Å². The fraction of sp³-hybridized carbons (Fsp3) is 0.731. The van der Waals surface area contributed by atoms with E-state index in [0.29, 0.717) is 44.1 Å². The summed E-state index contributed by atoms with van der Waals surface area (Å²) in [6, 6.07) is 0. The maximum absolute atomic E-state index is 12.7. The average molecular weight is 461 g/mol. The van der Waals surface area contributed by atoms with Gasteiger partial charge in [0.05, 0.1) is 11.7 Å². The first-order chi connectivity index (χ1) is 15.5. The van der Waals surface area contributed by atoms with Gasteiger partial charge in [-0.05, 0) is 58.1 Å². The number of fused-ring (bicyclic) bond motifs is 4. The van der Waals surface area contributed by atoms with Gasteiger partial charge in [0.2, 0.25) is 0 Å². The van der Waals surface area contributed by atoms with Crippen LogP contribution in [0.15, 0.2) is 22.8 Å². The van der Waals surface area contributed by atoms with Gasteiger partial charge in [-0.3, -0.25) is 9.59 Å². The van der Waals surface area contributed by atoms with Crippen LogP contribution >= 0.6 is 0 Å². The fourth-order valence-corrected chi connectivity index (χ4v) is 6.24. The highest BCUT2D eigenvalue weighted by atomic mass is 16.6. The van der Waals surface area contributed by atoms with E-state index in [1.165, 1.54) is 6.92 Å². The molecule has 0 aromatic heterocycles. The summed E-state index contributed by atoms with van der Waals surface area (Å²) in [4.78, 5) is 37.3. The second-order valence-corrected chi connectivity index (χ2v) is 10.5. The van der Waals surface area contributed by atoms with E-state index in [2.05, 4.69) is 13.8 Å². The molecule has 0 aromatic carbocycles. The standard InChI is InChI=1S/C26H36O7/c1-7-8-23(28)32-20-10-9-14(2)11-18-17(15(3)24(29)31-18)12-19-25(20,5)21(30-16(4)27)13-22-26(19,6)33-22/h11,18-22H,7-10,12-13H2,1-6H3/b14-11-/t18-,19+,20+,21-,22-,25-,26+/m1/s1. The molecule has 4 aliphatic rings. The minimum absolute atomic E-state index is 0.0375. The second kappa shape index (κ2) is 8.57. The maximum atomic E-state index is 12.7. The molecule has 0 amide bonds. The summed E-state index contributed by atoms with van der Waals surface area (Å²) in [5.41, 5.74) is 1.52. The van der Waals surface area contributed by atoms with Gasteiger partial charge in [-0.15, -0.1) is 0 Å². The number of carbonyl (C=O) groups excluding carboxylic acids is 3. The Morgan fingerprint density at radius 3 is 2.58 bits per heavy atom. The Bertz CT molecular complexity index is 918. The van der Waals surface area contributed by atoms with Gasteiger partial charge in [0.15, 0.2) is 0 Å². The summed E-state index contributed by atoms with van der Waals surface area (Å²) in [6.45, 7) is 11.3. The van der Waals surface area contributed by atoms with Crippen LogP contribution < -0.4 is 0 Å². The zero-order valence-corrected chi connectivity index (χ0v) is 20.6. The van der Waals surface area contributed by atoms with Crippen molar-refractivity contribution >= 4 is 17.9 Å². The van der Waals surface area contributed by atoms with Crippen molar-refractivity contribution in [2.75, 3.05) is 0 Å². The summed E-state index contributed by atoms with van der Waals surface area (Å²) < 4.78 is 23.9. The number of allylic oxidation sites excluding steroid dienone is 1. The van der Waals surface area contributed by atoms with Crippen molar-refractivity contribution in [3.63, 3.8) is 0 Å². The van der Waals surface area contributed by atoms with E-state index >= 15 is 0 Å². The molecule has 7 nitrogen and oxygen atoms in total. The molecule has 0 bridgehead atoms. The lowest BCUT2D eigenvalue weighted by Gasteiger charge is -2.51. The molecule has 4 rings (SSSR count). The zero-order chi connectivity index (χ0) is 24.1. The van der Waals surface area contributed by atoms with Crippen LogP contribution in [0.3, 0.4) is 0 Å². The number of hydrogen-bond donors (Lipinski definition) is 0. The number of ether oxygens (including phenoxy) is 4. The Labute approximate surface area is 195 Å². The number of hydrogen-bond acceptors (Lipinski definition) is 7. The Kier molecular flexibility index (Phi) is 6.23. The highest BCUT2D eigenvalue weighted by Gasteiger charge is 2.71. The molecule has 7 atom stereocenters. The van der Waals surface area contributed by atoms with Gasteiger partial charge >= 0.3 is 17.9 Å². The molecule has 0 radical (unpaired) electrons. The van der Waals surface area contributed by atoms with Crippen molar-refractivity contribution in [3.05, 3.63) is 22.8 Å². The van der Waals surface area contributed by atoms with Crippen molar-refractivity contribution < 1.29 is 33.3 Å². The second-order valence-electron chi connectivity index (χ2n) is 10.5. The molecule has 2 aliphatic carbocycles. The third kappa shape index (κ3) is 4.13. The Morgan fingerprint density at radius 2 is 1.91 bits per heavy atom. The molecular weight excluding hydrogens is 424 g/mol. The highest BCUT2D eigenvalue weighted by Crippen LogP contribution is 2.63. The molecule has 2 aliphatic heterocycles. The maximum Gasteiger partial charge on any atom is 0.334 e. The summed E-state index contributed by atoms with van der Waals surface area (Å²) in [6.07, 6.45) is 4.11. The number of epoxide rings is 1. The van der Waals surface area contributed by atoms with Gasteiger partial charge in [-0.25, -0.2) is 4.79 Å². The molecule has 2 heterocycles. The Hall–Kier alpha value is -2.15. The predicted octanol–water partition coefficient (Wildman–Crippen LogP) is 4.19. The number of esters is 3. The van der Waals surface area contributed by atoms with Crippen LogP contribution in [0.4, 0.5) is 0 Å². The quantitative estimate of drug-likeness (QED) is 0.269. The minimum Gasteiger partial charge on any atom is -0.462 e. The van der Waals surface area contributed by atoms with Crippen molar-refractivity contribution in [3.8, 4) is 0 Å². The third-order valence-corrected chi connectivity index (χ3v) is 8.30. The molecule has 2 fully saturated rings. The van der Waals surface area contributed by atoms with E-state index in [1.807, 2.05) is 26.8 Å². The topological polar surface area (TPSA) is 91.4 Å². The summed E-state index contributed by atoms with van der Waals surface area (Å²) in [5.74, 6) is -1.01. The lowest BCUT2D eigenvalue weighted by Crippen LogP contribution is -2.59.